The van der Waals surface area contributed by atoms with Crippen molar-refractivity contribution in [3.05, 3.63) is 47.9 Å². The Hall–Kier alpha value is -3.53. The number of oxazole rings is 1. The summed E-state index contributed by atoms with van der Waals surface area (Å²) in [6.07, 6.45) is 6.38. The van der Waals surface area contributed by atoms with Crippen molar-refractivity contribution < 1.29 is 14.0 Å². The molecule has 1 fully saturated rings. The summed E-state index contributed by atoms with van der Waals surface area (Å²) in [5, 5.41) is 7.01. The Balaban J connectivity index is 0.00000141. The van der Waals surface area contributed by atoms with Gasteiger partial charge in [-0.05, 0) is 52.0 Å². The number of piperidine rings is 1. The molecule has 2 amide bonds. The minimum absolute atomic E-state index is 0.0238. The number of nitrogens with two attached hydrogens (primary N) is 1. The molecule has 0 spiro atoms. The molecule has 0 aromatic carbocycles. The highest BCUT2D eigenvalue weighted by Gasteiger charge is 2.24. The number of aryl methyl sites for hydroxylation is 1. The molecule has 4 heterocycles. The van der Waals surface area contributed by atoms with Gasteiger partial charge in [0.05, 0.1) is 11.7 Å². The lowest BCUT2D eigenvalue weighted by Crippen LogP contribution is -2.31. The summed E-state index contributed by atoms with van der Waals surface area (Å²) in [6.45, 7) is 7.73. The number of primary amides is 1. The lowest BCUT2D eigenvalue weighted by atomic mass is 10.1. The highest BCUT2D eigenvalue weighted by molar-refractivity contribution is 6.07. The summed E-state index contributed by atoms with van der Waals surface area (Å²) in [5.41, 5.74) is 7.37. The molecular weight excluding hydrogens is 410 g/mol. The fraction of sp³-hybridized carbons (Fsp3) is 0.409. The van der Waals surface area contributed by atoms with Gasteiger partial charge in [0, 0.05) is 23.7 Å². The average Bonchev–Trinajstić information content (AvgIpc) is 3.44. The Kier molecular flexibility index (Phi) is 7.37. The van der Waals surface area contributed by atoms with Gasteiger partial charge in [0.25, 0.3) is 11.8 Å². The quantitative estimate of drug-likeness (QED) is 0.624. The number of pyridine rings is 1. The molecule has 4 rings (SSSR count). The SMILES string of the molecule is CC.Cc1cc(-c2nc(C(=O)Nc3cn(C4CCN(C)CC4)nc3C(N)=O)co2)ccn1. The standard InChI is InChI=1S/C20H23N7O3.C2H6/c1-12-9-13(3-6-22-12)20-24-16(11-30-20)19(29)23-15-10-27(25-17(15)18(21)28)14-4-7-26(2)8-5-14;1-2/h3,6,9-11,14H,4-5,7-8H2,1-2H3,(H2,21,28)(H,23,29);1-2H3. The predicted molar refractivity (Wildman–Crippen MR) is 120 cm³/mol. The number of carbonyl (C=O) groups is 2. The normalized spacial score (nSPS) is 14.5. The number of nitrogens with zero attached hydrogens (tertiary/aromatic N) is 5. The Morgan fingerprint density at radius 1 is 1.25 bits per heavy atom. The van der Waals surface area contributed by atoms with Gasteiger partial charge < -0.3 is 20.4 Å². The van der Waals surface area contributed by atoms with Gasteiger partial charge in [-0.1, -0.05) is 13.8 Å². The van der Waals surface area contributed by atoms with E-state index < -0.39 is 11.8 Å². The van der Waals surface area contributed by atoms with E-state index in [9.17, 15) is 9.59 Å². The van der Waals surface area contributed by atoms with E-state index in [1.807, 2.05) is 26.8 Å². The topological polar surface area (TPSA) is 132 Å². The molecule has 1 saturated heterocycles. The maximum atomic E-state index is 12.7. The van der Waals surface area contributed by atoms with Crippen LogP contribution in [0.15, 0.2) is 35.2 Å². The van der Waals surface area contributed by atoms with Crippen LogP contribution in [-0.4, -0.2) is 56.6 Å². The van der Waals surface area contributed by atoms with Crippen LogP contribution in [0.25, 0.3) is 11.5 Å². The molecule has 10 heteroatoms. The van der Waals surface area contributed by atoms with Crippen molar-refractivity contribution in [2.75, 3.05) is 25.5 Å². The van der Waals surface area contributed by atoms with E-state index in [0.717, 1.165) is 37.2 Å². The molecule has 32 heavy (non-hydrogen) atoms. The molecule has 1 aliphatic rings. The van der Waals surface area contributed by atoms with Crippen molar-refractivity contribution in [2.45, 2.75) is 39.7 Å². The summed E-state index contributed by atoms with van der Waals surface area (Å²) in [7, 11) is 2.07. The number of anilines is 1. The minimum atomic E-state index is -0.704. The molecule has 0 saturated carbocycles. The molecule has 0 atom stereocenters. The molecule has 1 aliphatic heterocycles. The maximum Gasteiger partial charge on any atom is 0.277 e. The second-order valence-corrected chi connectivity index (χ2v) is 7.45. The molecule has 3 N–H and O–H groups in total. The summed E-state index contributed by atoms with van der Waals surface area (Å²) < 4.78 is 7.15. The first-order valence-corrected chi connectivity index (χ1v) is 10.7. The van der Waals surface area contributed by atoms with Gasteiger partial charge in [-0.2, -0.15) is 5.10 Å². The molecule has 0 unspecified atom stereocenters. The van der Waals surface area contributed by atoms with Crippen LogP contribution in [0.1, 0.15) is 59.4 Å². The van der Waals surface area contributed by atoms with Crippen molar-refractivity contribution in [3.8, 4) is 11.5 Å². The van der Waals surface area contributed by atoms with E-state index in [4.69, 9.17) is 10.2 Å². The van der Waals surface area contributed by atoms with Crippen LogP contribution in [0.2, 0.25) is 0 Å². The van der Waals surface area contributed by atoms with Gasteiger partial charge >= 0.3 is 0 Å². The van der Waals surface area contributed by atoms with Crippen molar-refractivity contribution in [3.63, 3.8) is 0 Å². The van der Waals surface area contributed by atoms with Gasteiger partial charge in [0.1, 0.15) is 6.26 Å². The van der Waals surface area contributed by atoms with Gasteiger partial charge in [0.2, 0.25) is 5.89 Å². The zero-order chi connectivity index (χ0) is 23.3. The Labute approximate surface area is 186 Å². The zero-order valence-electron chi connectivity index (χ0n) is 18.8. The average molecular weight is 440 g/mol. The van der Waals surface area contributed by atoms with Crippen LogP contribution < -0.4 is 11.1 Å². The number of carbonyl (C=O) groups excluding carboxylic acids is 2. The Bertz CT molecular complexity index is 1080. The minimum Gasteiger partial charge on any atom is -0.444 e. The summed E-state index contributed by atoms with van der Waals surface area (Å²) in [5.74, 6) is -0.908. The molecule has 10 nitrogen and oxygen atoms in total. The van der Waals surface area contributed by atoms with Crippen molar-refractivity contribution in [1.29, 1.82) is 0 Å². The molecular formula is C22H29N7O3. The van der Waals surface area contributed by atoms with E-state index >= 15 is 0 Å². The third-order valence-electron chi connectivity index (χ3n) is 5.16. The monoisotopic (exact) mass is 439 g/mol. The molecule has 170 valence electrons. The van der Waals surface area contributed by atoms with Crippen LogP contribution in [-0.2, 0) is 0 Å². The van der Waals surface area contributed by atoms with Crippen LogP contribution in [0, 0.1) is 6.92 Å². The fourth-order valence-corrected chi connectivity index (χ4v) is 3.49. The van der Waals surface area contributed by atoms with Gasteiger partial charge in [-0.25, -0.2) is 4.98 Å². The number of rotatable bonds is 5. The van der Waals surface area contributed by atoms with Gasteiger partial charge in [-0.15, -0.1) is 0 Å². The van der Waals surface area contributed by atoms with E-state index in [-0.39, 0.29) is 23.1 Å². The molecule has 3 aromatic heterocycles. The maximum absolute atomic E-state index is 12.7. The second kappa shape index (κ2) is 10.2. The van der Waals surface area contributed by atoms with Gasteiger partial charge in [0.15, 0.2) is 11.4 Å². The summed E-state index contributed by atoms with van der Waals surface area (Å²) >= 11 is 0. The highest BCUT2D eigenvalue weighted by atomic mass is 16.3. The number of nitrogens with one attached hydrogen (secondary N) is 1. The second-order valence-electron chi connectivity index (χ2n) is 7.45. The van der Waals surface area contributed by atoms with Gasteiger partial charge in [-0.3, -0.25) is 19.3 Å². The molecule has 3 aromatic rings. The number of aromatic nitrogens is 4. The summed E-state index contributed by atoms with van der Waals surface area (Å²) in [6, 6.07) is 3.71. The number of hydrogen-bond donors (Lipinski definition) is 2. The third kappa shape index (κ3) is 5.20. The van der Waals surface area contributed by atoms with Crippen molar-refractivity contribution in [1.82, 2.24) is 24.6 Å². The first-order valence-electron chi connectivity index (χ1n) is 10.7. The number of hydrogen-bond acceptors (Lipinski definition) is 7. The molecule has 0 aliphatic carbocycles. The smallest absolute Gasteiger partial charge is 0.277 e. The predicted octanol–water partition coefficient (Wildman–Crippen LogP) is 2.89. The highest BCUT2D eigenvalue weighted by Crippen LogP contribution is 2.25. The lowest BCUT2D eigenvalue weighted by Gasteiger charge is -2.28. The largest absolute Gasteiger partial charge is 0.444 e. The molecule has 0 radical (unpaired) electrons. The molecule has 0 bridgehead atoms. The van der Waals surface area contributed by atoms with E-state index in [1.165, 1.54) is 6.26 Å². The fourth-order valence-electron chi connectivity index (χ4n) is 3.49. The Morgan fingerprint density at radius 3 is 2.62 bits per heavy atom. The number of amides is 2. The number of likely N-dealkylation sites (tertiary alicyclic amines) is 1. The van der Waals surface area contributed by atoms with E-state index in [2.05, 4.69) is 32.3 Å². The summed E-state index contributed by atoms with van der Waals surface area (Å²) in [4.78, 5) is 35.2. The van der Waals surface area contributed by atoms with E-state index in [0.29, 0.717) is 5.89 Å². The zero-order valence-corrected chi connectivity index (χ0v) is 18.8. The van der Waals surface area contributed by atoms with Crippen molar-refractivity contribution >= 4 is 17.5 Å². The lowest BCUT2D eigenvalue weighted by molar-refractivity contribution is 0.0994. The van der Waals surface area contributed by atoms with Crippen LogP contribution in [0.4, 0.5) is 5.69 Å². The third-order valence-corrected chi connectivity index (χ3v) is 5.16. The van der Waals surface area contributed by atoms with Crippen LogP contribution in [0.3, 0.4) is 0 Å². The first-order chi connectivity index (χ1) is 15.4. The van der Waals surface area contributed by atoms with Crippen LogP contribution >= 0.6 is 0 Å². The van der Waals surface area contributed by atoms with Crippen molar-refractivity contribution in [2.24, 2.45) is 5.73 Å². The first kappa shape index (κ1) is 23.1. The van der Waals surface area contributed by atoms with E-state index in [1.54, 1.807) is 23.1 Å². The Morgan fingerprint density at radius 2 is 1.97 bits per heavy atom. The van der Waals surface area contributed by atoms with Crippen LogP contribution in [0.5, 0.6) is 0 Å².